The Labute approximate surface area is 183 Å². The van der Waals surface area contributed by atoms with Gasteiger partial charge in [0.15, 0.2) is 5.96 Å². The molecule has 1 aromatic carbocycles. The summed E-state index contributed by atoms with van der Waals surface area (Å²) >= 11 is 0. The molecule has 0 spiro atoms. The Hall–Kier alpha value is -1.40. The molecule has 2 aromatic rings. The highest BCUT2D eigenvalue weighted by Gasteiger charge is 2.06. The van der Waals surface area contributed by atoms with Crippen molar-refractivity contribution in [3.05, 3.63) is 35.8 Å². The summed E-state index contributed by atoms with van der Waals surface area (Å²) in [7, 11) is -3.15. The summed E-state index contributed by atoms with van der Waals surface area (Å²) in [6.07, 6.45) is 3.30. The Morgan fingerprint density at radius 1 is 1.21 bits per heavy atom. The van der Waals surface area contributed by atoms with E-state index in [0.29, 0.717) is 32.0 Å². The fourth-order valence-electron chi connectivity index (χ4n) is 2.62. The van der Waals surface area contributed by atoms with Crippen molar-refractivity contribution >= 4 is 50.9 Å². The van der Waals surface area contributed by atoms with E-state index in [9.17, 15) is 12.8 Å². The quantitative estimate of drug-likeness (QED) is 0.166. The number of aromatic amines is 1. The first-order valence-corrected chi connectivity index (χ1v) is 10.9. The highest BCUT2D eigenvalue weighted by Crippen LogP contribution is 2.19. The summed E-state index contributed by atoms with van der Waals surface area (Å²) < 4.78 is 38.5. The smallest absolute Gasteiger partial charge is 0.211 e. The number of sulfonamides is 1. The van der Waals surface area contributed by atoms with E-state index in [4.69, 9.17) is 0 Å². The van der Waals surface area contributed by atoms with Crippen LogP contribution in [0.1, 0.15) is 25.8 Å². The molecule has 0 saturated heterocycles. The largest absolute Gasteiger partial charge is 0.361 e. The average molecular weight is 525 g/mol. The topological polar surface area (TPSA) is 98.4 Å². The predicted octanol–water partition coefficient (Wildman–Crippen LogP) is 2.35. The molecule has 0 fully saturated rings. The van der Waals surface area contributed by atoms with E-state index in [1.807, 2.05) is 13.1 Å². The van der Waals surface area contributed by atoms with Gasteiger partial charge in [0.2, 0.25) is 10.0 Å². The fraction of sp³-hybridized carbons (Fsp3) is 0.500. The maximum atomic E-state index is 13.3. The summed E-state index contributed by atoms with van der Waals surface area (Å²) in [5.41, 5.74) is 1.91. The minimum Gasteiger partial charge on any atom is -0.361 e. The molecule has 0 saturated carbocycles. The first-order chi connectivity index (χ1) is 12.9. The Kier molecular flexibility index (Phi) is 10.8. The standard InChI is InChI=1S/C18H28FN5O2S.HI/c1-3-20-18(21-9-5-10-24-27(25,26)4-2)22-11-8-14-13-23-17-12-15(19)6-7-16(14)17;/h6-7,12-13,23-24H,3-5,8-11H2,1-2H3,(H2,20,21,22);1H. The third-order valence-corrected chi connectivity index (χ3v) is 5.47. The number of nitrogens with one attached hydrogen (secondary N) is 4. The molecule has 0 atom stereocenters. The van der Waals surface area contributed by atoms with Crippen LogP contribution in [0.3, 0.4) is 0 Å². The summed E-state index contributed by atoms with van der Waals surface area (Å²) in [4.78, 5) is 7.54. The maximum Gasteiger partial charge on any atom is 0.211 e. The molecule has 0 aliphatic carbocycles. The van der Waals surface area contributed by atoms with Gasteiger partial charge in [0, 0.05) is 43.3 Å². The number of hydrogen-bond acceptors (Lipinski definition) is 3. The SMILES string of the molecule is CCNC(=NCCCNS(=O)(=O)CC)NCCc1c[nH]c2cc(F)ccc12.I. The normalized spacial score (nSPS) is 12.0. The van der Waals surface area contributed by atoms with E-state index < -0.39 is 10.0 Å². The van der Waals surface area contributed by atoms with Crippen LogP contribution < -0.4 is 15.4 Å². The number of rotatable bonds is 10. The summed E-state index contributed by atoms with van der Waals surface area (Å²) in [5, 5.41) is 7.45. The number of aliphatic imine (C=N–C) groups is 1. The van der Waals surface area contributed by atoms with Gasteiger partial charge in [-0.25, -0.2) is 17.5 Å². The van der Waals surface area contributed by atoms with E-state index in [1.165, 1.54) is 12.1 Å². The minimum absolute atomic E-state index is 0. The van der Waals surface area contributed by atoms with Gasteiger partial charge in [-0.3, -0.25) is 4.99 Å². The lowest BCUT2D eigenvalue weighted by Gasteiger charge is -2.11. The lowest BCUT2D eigenvalue weighted by Crippen LogP contribution is -2.38. The highest BCUT2D eigenvalue weighted by atomic mass is 127. The van der Waals surface area contributed by atoms with Gasteiger partial charge < -0.3 is 15.6 Å². The number of fused-ring (bicyclic) bond motifs is 1. The first kappa shape index (κ1) is 24.6. The Morgan fingerprint density at radius 2 is 2.00 bits per heavy atom. The van der Waals surface area contributed by atoms with Crippen LogP contribution in [0.15, 0.2) is 29.4 Å². The molecule has 2 rings (SSSR count). The number of aromatic nitrogens is 1. The number of nitrogens with zero attached hydrogens (tertiary/aromatic N) is 1. The lowest BCUT2D eigenvalue weighted by molar-refractivity contribution is 0.581. The van der Waals surface area contributed by atoms with Gasteiger partial charge in [0.25, 0.3) is 0 Å². The second-order valence-corrected chi connectivity index (χ2v) is 8.19. The molecule has 1 aromatic heterocycles. The van der Waals surface area contributed by atoms with Gasteiger partial charge in [-0.1, -0.05) is 0 Å². The zero-order valence-corrected chi connectivity index (χ0v) is 19.4. The number of H-pyrrole nitrogens is 1. The van der Waals surface area contributed by atoms with Crippen molar-refractivity contribution in [1.82, 2.24) is 20.3 Å². The molecule has 0 aliphatic heterocycles. The van der Waals surface area contributed by atoms with Gasteiger partial charge in [-0.15, -0.1) is 24.0 Å². The summed E-state index contributed by atoms with van der Waals surface area (Å²) in [5.74, 6) is 0.527. The van der Waals surface area contributed by atoms with Crippen LogP contribution in [0.4, 0.5) is 4.39 Å². The number of guanidine groups is 1. The highest BCUT2D eigenvalue weighted by molar-refractivity contribution is 14.0. The number of halogens is 2. The average Bonchev–Trinajstić information content (AvgIpc) is 3.03. The van der Waals surface area contributed by atoms with E-state index in [2.05, 4.69) is 25.3 Å². The fourth-order valence-corrected chi connectivity index (χ4v) is 3.28. The Balaban J connectivity index is 0.00000392. The van der Waals surface area contributed by atoms with E-state index >= 15 is 0 Å². The summed E-state index contributed by atoms with van der Waals surface area (Å²) in [6.45, 7) is 5.91. The van der Waals surface area contributed by atoms with Crippen LogP contribution in [-0.2, 0) is 16.4 Å². The molecule has 1 heterocycles. The van der Waals surface area contributed by atoms with Crippen molar-refractivity contribution in [1.29, 1.82) is 0 Å². The van der Waals surface area contributed by atoms with Gasteiger partial charge >= 0.3 is 0 Å². The molecule has 0 unspecified atom stereocenters. The molecule has 0 amide bonds. The summed E-state index contributed by atoms with van der Waals surface area (Å²) in [6, 6.07) is 4.74. The Morgan fingerprint density at radius 3 is 2.71 bits per heavy atom. The monoisotopic (exact) mass is 525 g/mol. The van der Waals surface area contributed by atoms with E-state index in [-0.39, 0.29) is 35.5 Å². The zero-order chi connectivity index (χ0) is 19.7. The molecule has 0 bridgehead atoms. The van der Waals surface area contributed by atoms with Gasteiger partial charge in [0.1, 0.15) is 5.82 Å². The van der Waals surface area contributed by atoms with Crippen LogP contribution in [0.25, 0.3) is 10.9 Å². The molecule has 28 heavy (non-hydrogen) atoms. The van der Waals surface area contributed by atoms with Gasteiger partial charge in [-0.2, -0.15) is 0 Å². The molecular formula is C18H29FIN5O2S. The van der Waals surface area contributed by atoms with Gasteiger partial charge in [0.05, 0.1) is 5.75 Å². The molecule has 0 aliphatic rings. The number of hydrogen-bond donors (Lipinski definition) is 4. The molecule has 0 radical (unpaired) electrons. The first-order valence-electron chi connectivity index (χ1n) is 9.20. The molecule has 158 valence electrons. The van der Waals surface area contributed by atoms with Crippen LogP contribution in [0.2, 0.25) is 0 Å². The van der Waals surface area contributed by atoms with Crippen LogP contribution in [0.5, 0.6) is 0 Å². The third-order valence-electron chi connectivity index (χ3n) is 4.07. The van der Waals surface area contributed by atoms with Crippen molar-refractivity contribution in [2.24, 2.45) is 4.99 Å². The van der Waals surface area contributed by atoms with Crippen molar-refractivity contribution in [3.63, 3.8) is 0 Å². The minimum atomic E-state index is -3.15. The number of benzene rings is 1. The van der Waals surface area contributed by atoms with Crippen molar-refractivity contribution in [2.75, 3.05) is 31.9 Å². The third kappa shape index (κ3) is 7.92. The second kappa shape index (κ2) is 12.2. The van der Waals surface area contributed by atoms with Gasteiger partial charge in [-0.05, 0) is 50.5 Å². The van der Waals surface area contributed by atoms with E-state index in [0.717, 1.165) is 29.4 Å². The molecule has 7 nitrogen and oxygen atoms in total. The molecule has 10 heteroatoms. The van der Waals surface area contributed by atoms with E-state index in [1.54, 1.807) is 13.0 Å². The zero-order valence-electron chi connectivity index (χ0n) is 16.2. The second-order valence-electron chi connectivity index (χ2n) is 6.09. The lowest BCUT2D eigenvalue weighted by atomic mass is 10.1. The Bertz CT molecular complexity index is 870. The van der Waals surface area contributed by atoms with Crippen LogP contribution in [0, 0.1) is 5.82 Å². The predicted molar refractivity (Wildman–Crippen MR) is 123 cm³/mol. The van der Waals surface area contributed by atoms with Crippen molar-refractivity contribution in [3.8, 4) is 0 Å². The van der Waals surface area contributed by atoms with Crippen molar-refractivity contribution < 1.29 is 12.8 Å². The van der Waals surface area contributed by atoms with Crippen molar-refractivity contribution in [2.45, 2.75) is 26.7 Å². The maximum absolute atomic E-state index is 13.3. The molecule has 4 N–H and O–H groups in total. The molecular weight excluding hydrogens is 496 g/mol. The van der Waals surface area contributed by atoms with Crippen LogP contribution in [-0.4, -0.2) is 51.3 Å². The van der Waals surface area contributed by atoms with Crippen LogP contribution >= 0.6 is 24.0 Å².